The average molecular weight is 228 g/mol. The van der Waals surface area contributed by atoms with Crippen LogP contribution in [0.5, 0.6) is 0 Å². The quantitative estimate of drug-likeness (QED) is 0.784. The molecule has 1 amide bonds. The Bertz CT molecular complexity index is 236. The molecular weight excluding hydrogens is 204 g/mol. The van der Waals surface area contributed by atoms with Crippen LogP contribution in [-0.4, -0.2) is 43.8 Å². The van der Waals surface area contributed by atoms with Crippen molar-refractivity contribution in [2.45, 2.75) is 39.7 Å². The summed E-state index contributed by atoms with van der Waals surface area (Å²) in [4.78, 5) is 13.2. The van der Waals surface area contributed by atoms with Crippen LogP contribution in [0.1, 0.15) is 33.6 Å². The van der Waals surface area contributed by atoms with Crippen LogP contribution in [0.15, 0.2) is 0 Å². The van der Waals surface area contributed by atoms with Gasteiger partial charge in [-0.2, -0.15) is 0 Å². The van der Waals surface area contributed by atoms with Crippen LogP contribution >= 0.6 is 0 Å². The summed E-state index contributed by atoms with van der Waals surface area (Å²) in [5.41, 5.74) is 0.285. The van der Waals surface area contributed by atoms with Crippen LogP contribution in [0.25, 0.3) is 0 Å². The van der Waals surface area contributed by atoms with Crippen molar-refractivity contribution in [3.8, 4) is 0 Å². The van der Waals surface area contributed by atoms with Crippen LogP contribution < -0.4 is 5.32 Å². The Kier molecular flexibility index (Phi) is 4.59. The van der Waals surface area contributed by atoms with E-state index in [1.165, 1.54) is 7.11 Å². The summed E-state index contributed by atoms with van der Waals surface area (Å²) in [6.07, 6.45) is 1.99. The maximum Gasteiger partial charge on any atom is 0.409 e. The summed E-state index contributed by atoms with van der Waals surface area (Å²) in [6.45, 7) is 9.19. The number of hydrogen-bond acceptors (Lipinski definition) is 3. The zero-order valence-electron chi connectivity index (χ0n) is 10.9. The molecule has 1 saturated heterocycles. The lowest BCUT2D eigenvalue weighted by molar-refractivity contribution is 0.106. The SMILES string of the molecule is COC(=O)N1CCCC(NCC(C)(C)C)C1. The summed E-state index contributed by atoms with van der Waals surface area (Å²) in [7, 11) is 1.44. The van der Waals surface area contributed by atoms with E-state index in [2.05, 4.69) is 26.1 Å². The molecular formula is C12H24N2O2. The molecule has 1 heterocycles. The van der Waals surface area contributed by atoms with Gasteiger partial charge in [0.1, 0.15) is 0 Å². The van der Waals surface area contributed by atoms with Crippen molar-refractivity contribution in [2.24, 2.45) is 5.41 Å². The molecule has 4 heteroatoms. The van der Waals surface area contributed by atoms with Crippen LogP contribution in [0.4, 0.5) is 4.79 Å². The van der Waals surface area contributed by atoms with Gasteiger partial charge in [0.25, 0.3) is 0 Å². The van der Waals surface area contributed by atoms with Crippen molar-refractivity contribution in [1.29, 1.82) is 0 Å². The Morgan fingerprint density at radius 3 is 2.75 bits per heavy atom. The minimum atomic E-state index is -0.206. The molecule has 1 aliphatic rings. The third kappa shape index (κ3) is 4.39. The fraction of sp³-hybridized carbons (Fsp3) is 0.917. The molecule has 1 aliphatic heterocycles. The van der Waals surface area contributed by atoms with E-state index in [0.29, 0.717) is 6.04 Å². The molecule has 16 heavy (non-hydrogen) atoms. The average Bonchev–Trinajstić information content (AvgIpc) is 2.25. The normalized spacial score (nSPS) is 22.0. The number of nitrogens with one attached hydrogen (secondary N) is 1. The van der Waals surface area contributed by atoms with Crippen molar-refractivity contribution in [3.63, 3.8) is 0 Å². The number of methoxy groups -OCH3 is 1. The van der Waals surface area contributed by atoms with Gasteiger partial charge < -0.3 is 15.0 Å². The van der Waals surface area contributed by atoms with E-state index < -0.39 is 0 Å². The highest BCUT2D eigenvalue weighted by atomic mass is 16.5. The van der Waals surface area contributed by atoms with Crippen molar-refractivity contribution < 1.29 is 9.53 Å². The molecule has 94 valence electrons. The molecule has 1 N–H and O–H groups in total. The first-order valence-electron chi connectivity index (χ1n) is 5.98. The van der Waals surface area contributed by atoms with Gasteiger partial charge in [0.2, 0.25) is 0 Å². The van der Waals surface area contributed by atoms with Crippen molar-refractivity contribution in [3.05, 3.63) is 0 Å². The first kappa shape index (κ1) is 13.3. The van der Waals surface area contributed by atoms with E-state index in [-0.39, 0.29) is 11.5 Å². The van der Waals surface area contributed by atoms with E-state index in [4.69, 9.17) is 4.74 Å². The monoisotopic (exact) mass is 228 g/mol. The molecule has 0 aromatic carbocycles. The van der Waals surface area contributed by atoms with Gasteiger partial charge in [0.05, 0.1) is 7.11 Å². The number of piperidine rings is 1. The second kappa shape index (κ2) is 5.53. The molecule has 0 saturated carbocycles. The molecule has 0 spiro atoms. The summed E-state index contributed by atoms with van der Waals surface area (Å²) in [6, 6.07) is 0.409. The molecule has 0 aliphatic carbocycles. The molecule has 0 aromatic heterocycles. The first-order chi connectivity index (χ1) is 7.42. The van der Waals surface area contributed by atoms with Crippen LogP contribution in [0.2, 0.25) is 0 Å². The smallest absolute Gasteiger partial charge is 0.409 e. The van der Waals surface area contributed by atoms with Crippen molar-refractivity contribution in [1.82, 2.24) is 10.2 Å². The molecule has 1 atom stereocenters. The van der Waals surface area contributed by atoms with Crippen molar-refractivity contribution in [2.75, 3.05) is 26.7 Å². The highest BCUT2D eigenvalue weighted by Crippen LogP contribution is 2.15. The van der Waals surface area contributed by atoms with Gasteiger partial charge in [0, 0.05) is 25.7 Å². The van der Waals surface area contributed by atoms with Gasteiger partial charge in [0.15, 0.2) is 0 Å². The lowest BCUT2D eigenvalue weighted by Crippen LogP contribution is -2.49. The molecule has 1 rings (SSSR count). The second-order valence-corrected chi connectivity index (χ2v) is 5.70. The fourth-order valence-electron chi connectivity index (χ4n) is 1.89. The zero-order valence-corrected chi connectivity index (χ0v) is 10.9. The van der Waals surface area contributed by atoms with E-state index >= 15 is 0 Å². The third-order valence-corrected chi connectivity index (χ3v) is 2.78. The van der Waals surface area contributed by atoms with Gasteiger partial charge >= 0.3 is 6.09 Å². The standard InChI is InChI=1S/C12H24N2O2/c1-12(2,3)9-13-10-6-5-7-14(8-10)11(15)16-4/h10,13H,5-9H2,1-4H3. The molecule has 0 bridgehead atoms. The van der Waals surface area contributed by atoms with Gasteiger partial charge in [-0.05, 0) is 18.3 Å². The number of amides is 1. The van der Waals surface area contributed by atoms with Crippen LogP contribution in [-0.2, 0) is 4.74 Å². The maximum absolute atomic E-state index is 11.4. The Balaban J connectivity index is 2.36. The number of likely N-dealkylation sites (tertiary alicyclic amines) is 1. The fourth-order valence-corrected chi connectivity index (χ4v) is 1.89. The van der Waals surface area contributed by atoms with Crippen LogP contribution in [0.3, 0.4) is 0 Å². The van der Waals surface area contributed by atoms with E-state index in [9.17, 15) is 4.79 Å². The number of ether oxygens (including phenoxy) is 1. The molecule has 1 unspecified atom stereocenters. The summed E-state index contributed by atoms with van der Waals surface area (Å²) in [5.74, 6) is 0. The molecule has 0 radical (unpaired) electrons. The molecule has 0 aromatic rings. The lowest BCUT2D eigenvalue weighted by atomic mass is 9.95. The predicted octanol–water partition coefficient (Wildman–Crippen LogP) is 1.85. The van der Waals surface area contributed by atoms with E-state index in [1.54, 1.807) is 4.90 Å². The minimum Gasteiger partial charge on any atom is -0.453 e. The number of carbonyl (C=O) groups excluding carboxylic acids is 1. The number of carbonyl (C=O) groups is 1. The summed E-state index contributed by atoms with van der Waals surface area (Å²) < 4.78 is 4.74. The Hall–Kier alpha value is -0.770. The largest absolute Gasteiger partial charge is 0.453 e. The molecule has 4 nitrogen and oxygen atoms in total. The van der Waals surface area contributed by atoms with E-state index in [0.717, 1.165) is 32.5 Å². The zero-order chi connectivity index (χ0) is 12.2. The lowest BCUT2D eigenvalue weighted by Gasteiger charge is -2.33. The number of rotatable bonds is 2. The molecule has 1 fully saturated rings. The van der Waals surface area contributed by atoms with Gasteiger partial charge in [-0.1, -0.05) is 20.8 Å². The Labute approximate surface area is 98.3 Å². The Morgan fingerprint density at radius 1 is 1.50 bits per heavy atom. The van der Waals surface area contributed by atoms with E-state index in [1.807, 2.05) is 0 Å². The number of hydrogen-bond donors (Lipinski definition) is 1. The Morgan fingerprint density at radius 2 is 2.19 bits per heavy atom. The highest BCUT2D eigenvalue weighted by molar-refractivity contribution is 5.67. The predicted molar refractivity (Wildman–Crippen MR) is 64.5 cm³/mol. The highest BCUT2D eigenvalue weighted by Gasteiger charge is 2.24. The summed E-state index contributed by atoms with van der Waals surface area (Å²) in [5, 5.41) is 3.52. The summed E-state index contributed by atoms with van der Waals surface area (Å²) >= 11 is 0. The van der Waals surface area contributed by atoms with Gasteiger partial charge in [-0.3, -0.25) is 0 Å². The number of nitrogens with zero attached hydrogens (tertiary/aromatic N) is 1. The minimum absolute atomic E-state index is 0.206. The van der Waals surface area contributed by atoms with Crippen LogP contribution in [0, 0.1) is 5.41 Å². The van der Waals surface area contributed by atoms with Crippen molar-refractivity contribution >= 4 is 6.09 Å². The topological polar surface area (TPSA) is 41.6 Å². The first-order valence-corrected chi connectivity index (χ1v) is 5.98. The second-order valence-electron chi connectivity index (χ2n) is 5.70. The van der Waals surface area contributed by atoms with Gasteiger partial charge in [-0.15, -0.1) is 0 Å². The third-order valence-electron chi connectivity index (χ3n) is 2.78. The van der Waals surface area contributed by atoms with Gasteiger partial charge in [-0.25, -0.2) is 4.79 Å². The maximum atomic E-state index is 11.4.